The summed E-state index contributed by atoms with van der Waals surface area (Å²) in [5.74, 6) is 0.784. The van der Waals surface area contributed by atoms with Crippen LogP contribution >= 0.6 is 0 Å². The van der Waals surface area contributed by atoms with Gasteiger partial charge in [0.2, 0.25) is 0 Å². The first-order valence-corrected chi connectivity index (χ1v) is 12.4. The number of hydrogen-bond donors (Lipinski definition) is 4. The van der Waals surface area contributed by atoms with Crippen molar-refractivity contribution in [3.8, 4) is 11.5 Å². The fourth-order valence-corrected chi connectivity index (χ4v) is 4.88. The Morgan fingerprint density at radius 3 is 2.62 bits per heavy atom. The number of nitrogens with one attached hydrogen (secondary N) is 1. The molecule has 0 radical (unpaired) electrons. The van der Waals surface area contributed by atoms with Gasteiger partial charge in [0.15, 0.2) is 29.2 Å². The Kier molecular flexibility index (Phi) is 9.57. The maximum Gasteiger partial charge on any atom is 0.170 e. The Balaban J connectivity index is 1.54. The highest BCUT2D eigenvalue weighted by atomic mass is 16.5. The number of hydrogen-bond acceptors (Lipinski definition) is 7. The van der Waals surface area contributed by atoms with Crippen LogP contribution in [0, 0.1) is 5.92 Å². The van der Waals surface area contributed by atoms with E-state index in [-0.39, 0.29) is 24.4 Å². The Hall–Kier alpha value is -2.80. The van der Waals surface area contributed by atoms with E-state index < -0.39 is 11.9 Å². The van der Waals surface area contributed by atoms with Gasteiger partial charge in [0.1, 0.15) is 0 Å². The number of carbonyl (C=O) groups is 2. The molecule has 0 aromatic heterocycles. The van der Waals surface area contributed by atoms with E-state index in [0.717, 1.165) is 24.0 Å². The first-order valence-electron chi connectivity index (χ1n) is 12.4. The number of allylic oxidation sites excluding steroid dienone is 2. The molecule has 3 rings (SSSR count). The summed E-state index contributed by atoms with van der Waals surface area (Å²) in [6, 6.07) is 3.52. The summed E-state index contributed by atoms with van der Waals surface area (Å²) >= 11 is 0. The number of phenolic OH excluding ortho intramolecular Hbond substituents is 1. The second kappa shape index (κ2) is 12.6. The van der Waals surface area contributed by atoms with Crippen LogP contribution in [-0.4, -0.2) is 41.5 Å². The Morgan fingerprint density at radius 1 is 1.18 bits per heavy atom. The summed E-state index contributed by atoms with van der Waals surface area (Å²) in [4.78, 5) is 24.8. The molecule has 1 saturated carbocycles. The number of ketones is 2. The van der Waals surface area contributed by atoms with Gasteiger partial charge in [-0.2, -0.15) is 0 Å². The largest absolute Gasteiger partial charge is 0.504 e. The highest BCUT2D eigenvalue weighted by Crippen LogP contribution is 2.34. The van der Waals surface area contributed by atoms with E-state index in [1.54, 1.807) is 6.07 Å². The van der Waals surface area contributed by atoms with Crippen molar-refractivity contribution in [2.45, 2.75) is 76.7 Å². The number of dihydropyridines is 1. The molecule has 0 bridgehead atoms. The smallest absolute Gasteiger partial charge is 0.170 e. The second-order valence-corrected chi connectivity index (χ2v) is 9.47. The number of aryl methyl sites for hydroxylation is 1. The number of aliphatic hydroxyl groups is 1. The van der Waals surface area contributed by atoms with Crippen LogP contribution in [0.1, 0.15) is 68.9 Å². The molecule has 186 valence electrons. The van der Waals surface area contributed by atoms with Crippen LogP contribution in [0.2, 0.25) is 0 Å². The number of phenols is 1. The lowest BCUT2D eigenvalue weighted by Gasteiger charge is -2.21. The van der Waals surface area contributed by atoms with Gasteiger partial charge in [0.05, 0.1) is 12.9 Å². The zero-order chi connectivity index (χ0) is 24.5. The average molecular weight is 471 g/mol. The van der Waals surface area contributed by atoms with Crippen LogP contribution in [0.4, 0.5) is 0 Å². The third kappa shape index (κ3) is 7.35. The molecule has 1 aromatic carbocycles. The van der Waals surface area contributed by atoms with Crippen molar-refractivity contribution in [2.24, 2.45) is 11.7 Å². The molecule has 1 unspecified atom stereocenters. The fourth-order valence-electron chi connectivity index (χ4n) is 4.88. The van der Waals surface area contributed by atoms with Gasteiger partial charge in [-0.25, -0.2) is 0 Å². The van der Waals surface area contributed by atoms with E-state index in [2.05, 4.69) is 5.32 Å². The van der Waals surface area contributed by atoms with E-state index in [1.807, 2.05) is 18.2 Å². The van der Waals surface area contributed by atoms with Crippen molar-refractivity contribution in [1.29, 1.82) is 0 Å². The number of aliphatic hydroxyl groups excluding tert-OH is 1. The van der Waals surface area contributed by atoms with Gasteiger partial charge in [-0.1, -0.05) is 50.7 Å². The molecule has 2 aliphatic rings. The number of benzene rings is 1. The van der Waals surface area contributed by atoms with Crippen LogP contribution in [0.5, 0.6) is 11.5 Å². The predicted molar refractivity (Wildman–Crippen MR) is 131 cm³/mol. The SMILES string of the molecule is COc1cc(CCC(=O)C(O)C(=O)CCCC2CCCCC2)cc(CC2=CCNC(N)=C2)c1O. The molecule has 7 nitrogen and oxygen atoms in total. The molecule has 5 N–H and O–H groups in total. The normalized spacial score (nSPS) is 17.4. The predicted octanol–water partition coefficient (Wildman–Crippen LogP) is 3.46. The standard InChI is InChI=1S/C27H38N2O5/c1-34-24-16-19(14-21(26(24)32)15-20-12-13-29-25(28)17-20)10-11-23(31)27(33)22(30)9-5-8-18-6-3-2-4-7-18/h12,14,16-18,27,29,32-33H,2-11,13,15,28H2,1H3. The maximum absolute atomic E-state index is 12.5. The monoisotopic (exact) mass is 470 g/mol. The molecular formula is C27H38N2O5. The number of methoxy groups -OCH3 is 1. The van der Waals surface area contributed by atoms with Crippen molar-refractivity contribution in [3.05, 3.63) is 46.8 Å². The molecule has 0 saturated heterocycles. The summed E-state index contributed by atoms with van der Waals surface area (Å²) in [5.41, 5.74) is 8.26. The minimum Gasteiger partial charge on any atom is -0.504 e. The molecule has 1 aliphatic carbocycles. The maximum atomic E-state index is 12.5. The lowest BCUT2D eigenvalue weighted by molar-refractivity contribution is -0.138. The number of Topliss-reactive ketones (excluding diaryl/α,β-unsaturated/α-hetero) is 2. The lowest BCUT2D eigenvalue weighted by Crippen LogP contribution is -2.30. The van der Waals surface area contributed by atoms with Crippen LogP contribution < -0.4 is 15.8 Å². The zero-order valence-corrected chi connectivity index (χ0v) is 20.1. The minimum atomic E-state index is -1.56. The van der Waals surface area contributed by atoms with E-state index in [9.17, 15) is 19.8 Å². The van der Waals surface area contributed by atoms with E-state index >= 15 is 0 Å². The fraction of sp³-hybridized carbons (Fsp3) is 0.556. The van der Waals surface area contributed by atoms with Crippen LogP contribution in [0.15, 0.2) is 35.7 Å². The third-order valence-corrected chi connectivity index (χ3v) is 6.87. The van der Waals surface area contributed by atoms with Crippen molar-refractivity contribution < 1.29 is 24.5 Å². The third-order valence-electron chi connectivity index (χ3n) is 6.87. The van der Waals surface area contributed by atoms with E-state index in [1.165, 1.54) is 39.2 Å². The zero-order valence-electron chi connectivity index (χ0n) is 20.1. The summed E-state index contributed by atoms with van der Waals surface area (Å²) in [5, 5.41) is 23.8. The Morgan fingerprint density at radius 2 is 1.91 bits per heavy atom. The average Bonchev–Trinajstić information content (AvgIpc) is 2.84. The number of ether oxygens (including phenoxy) is 1. The van der Waals surface area contributed by atoms with Gasteiger partial charge in [-0.05, 0) is 42.0 Å². The van der Waals surface area contributed by atoms with Gasteiger partial charge in [0, 0.05) is 31.4 Å². The number of rotatable bonds is 12. The van der Waals surface area contributed by atoms with Crippen molar-refractivity contribution in [1.82, 2.24) is 5.32 Å². The Bertz CT molecular complexity index is 931. The van der Waals surface area contributed by atoms with Crippen molar-refractivity contribution in [2.75, 3.05) is 13.7 Å². The van der Waals surface area contributed by atoms with E-state index in [0.29, 0.717) is 42.4 Å². The number of aromatic hydroxyl groups is 1. The highest BCUT2D eigenvalue weighted by Gasteiger charge is 2.24. The van der Waals surface area contributed by atoms with Gasteiger partial charge >= 0.3 is 0 Å². The molecule has 0 amide bonds. The van der Waals surface area contributed by atoms with Gasteiger partial charge in [-0.15, -0.1) is 0 Å². The first-order chi connectivity index (χ1) is 16.4. The Labute approximate surface area is 202 Å². The van der Waals surface area contributed by atoms with Gasteiger partial charge in [-0.3, -0.25) is 9.59 Å². The van der Waals surface area contributed by atoms with Gasteiger partial charge in [0.25, 0.3) is 0 Å². The number of nitrogens with two attached hydrogens (primary N) is 1. The minimum absolute atomic E-state index is 0.0440. The first kappa shape index (κ1) is 25.8. The second-order valence-electron chi connectivity index (χ2n) is 9.47. The molecule has 34 heavy (non-hydrogen) atoms. The van der Waals surface area contributed by atoms with Crippen LogP contribution in [0.3, 0.4) is 0 Å². The van der Waals surface area contributed by atoms with Gasteiger partial charge < -0.3 is 26.0 Å². The summed E-state index contributed by atoms with van der Waals surface area (Å²) in [7, 11) is 1.48. The molecule has 1 aromatic rings. The number of carbonyl (C=O) groups excluding carboxylic acids is 2. The molecule has 1 atom stereocenters. The summed E-state index contributed by atoms with van der Waals surface area (Å²) in [6.45, 7) is 0.621. The highest BCUT2D eigenvalue weighted by molar-refractivity contribution is 6.05. The van der Waals surface area contributed by atoms with Crippen molar-refractivity contribution >= 4 is 11.6 Å². The van der Waals surface area contributed by atoms with E-state index in [4.69, 9.17) is 10.5 Å². The molecular weight excluding hydrogens is 432 g/mol. The lowest BCUT2D eigenvalue weighted by atomic mass is 9.85. The van der Waals surface area contributed by atoms with Crippen LogP contribution in [-0.2, 0) is 22.4 Å². The molecule has 0 spiro atoms. The molecule has 1 fully saturated rings. The molecule has 1 heterocycles. The summed E-state index contributed by atoms with van der Waals surface area (Å²) < 4.78 is 5.31. The van der Waals surface area contributed by atoms with Crippen LogP contribution in [0.25, 0.3) is 0 Å². The summed E-state index contributed by atoms with van der Waals surface area (Å²) in [6.07, 6.45) is 11.4. The topological polar surface area (TPSA) is 122 Å². The molecule has 7 heteroatoms. The quantitative estimate of drug-likeness (QED) is 0.345. The van der Waals surface area contributed by atoms with Crippen molar-refractivity contribution in [3.63, 3.8) is 0 Å². The molecule has 1 aliphatic heterocycles.